The summed E-state index contributed by atoms with van der Waals surface area (Å²) in [6.07, 6.45) is 14.3. The van der Waals surface area contributed by atoms with Crippen LogP contribution in [0.15, 0.2) is 129 Å². The number of nitrogens with one attached hydrogen (secondary N) is 4. The van der Waals surface area contributed by atoms with Gasteiger partial charge in [0, 0.05) is 95.2 Å². The summed E-state index contributed by atoms with van der Waals surface area (Å²) in [6.45, 7) is 7.70. The molecule has 3 aliphatic rings. The van der Waals surface area contributed by atoms with Crippen molar-refractivity contribution in [1.82, 2.24) is 30.2 Å². The number of urea groups is 2. The van der Waals surface area contributed by atoms with Crippen LogP contribution in [0, 0.1) is 24.7 Å². The molecule has 0 atom stereocenters. The molecule has 0 spiro atoms. The Morgan fingerprint density at radius 2 is 1.01 bits per heavy atom. The zero-order chi connectivity index (χ0) is 54.7. The summed E-state index contributed by atoms with van der Waals surface area (Å²) >= 11 is 0. The van der Waals surface area contributed by atoms with Crippen molar-refractivity contribution in [1.29, 1.82) is 0 Å². The molecular weight excluding hydrogens is 965 g/mol. The Morgan fingerprint density at radius 3 is 1.42 bits per heavy atom. The zero-order valence-electron chi connectivity index (χ0n) is 43.0. The van der Waals surface area contributed by atoms with Crippen molar-refractivity contribution in [2.24, 2.45) is 42.9 Å². The minimum Gasteiger partial charge on any atom is -0.373 e. The fourth-order valence-electron chi connectivity index (χ4n) is 7.79. The Balaban J connectivity index is 0.000000247. The maximum absolute atomic E-state index is 12.3. The summed E-state index contributed by atoms with van der Waals surface area (Å²) in [5.41, 5.74) is 31.8. The van der Waals surface area contributed by atoms with E-state index in [1.54, 1.807) is 34.1 Å². The van der Waals surface area contributed by atoms with E-state index in [0.717, 1.165) is 72.9 Å². The van der Waals surface area contributed by atoms with E-state index in [-0.39, 0.29) is 35.7 Å². The summed E-state index contributed by atoms with van der Waals surface area (Å²) in [5, 5.41) is 10.2. The van der Waals surface area contributed by atoms with Gasteiger partial charge in [-0.15, -0.1) is 12.8 Å². The second-order valence-corrected chi connectivity index (χ2v) is 17.9. The summed E-state index contributed by atoms with van der Waals surface area (Å²) < 4.78 is 0. The molecule has 1 saturated heterocycles. The van der Waals surface area contributed by atoms with E-state index in [4.69, 9.17) is 35.8 Å². The SMILES string of the molecule is C#CC(=O)N1CC=C(c2ccc(NC(=O)N/C(N)=N\C(N)=Nc3ccc(N(C)CCN(C)C)cc3)cc2)C1.C#CC(=O)N1CC=C(c2ccc(NC(=O)N/C(N)=N\C(N)=Nc3ccc(N4CCN(C)CC4)cc3)cc2)C1. The van der Waals surface area contributed by atoms with E-state index in [0.29, 0.717) is 48.9 Å². The van der Waals surface area contributed by atoms with Gasteiger partial charge in [0.1, 0.15) is 0 Å². The zero-order valence-corrected chi connectivity index (χ0v) is 43.0. The molecule has 22 heteroatoms. The number of carbonyl (C=O) groups is 4. The Kier molecular flexibility index (Phi) is 19.7. The Labute approximate surface area is 443 Å². The molecule has 4 aromatic carbocycles. The normalized spacial score (nSPS) is 15.1. The third-order valence-corrected chi connectivity index (χ3v) is 12.0. The predicted molar refractivity (Wildman–Crippen MR) is 304 cm³/mol. The summed E-state index contributed by atoms with van der Waals surface area (Å²) in [6, 6.07) is 28.5. The average molecular weight is 1030 g/mol. The predicted octanol–water partition coefficient (Wildman–Crippen LogP) is 3.01. The van der Waals surface area contributed by atoms with E-state index >= 15 is 0 Å². The van der Waals surface area contributed by atoms with Gasteiger partial charge in [0.25, 0.3) is 11.8 Å². The third kappa shape index (κ3) is 17.0. The number of terminal acetylenes is 2. The van der Waals surface area contributed by atoms with Crippen molar-refractivity contribution in [3.8, 4) is 24.7 Å². The highest BCUT2D eigenvalue weighted by atomic mass is 16.2. The quantitative estimate of drug-likeness (QED) is 0.0612. The van der Waals surface area contributed by atoms with Crippen molar-refractivity contribution in [3.05, 3.63) is 120 Å². The highest BCUT2D eigenvalue weighted by molar-refractivity contribution is 6.06. The summed E-state index contributed by atoms with van der Waals surface area (Å²) in [7, 11) is 8.22. The van der Waals surface area contributed by atoms with Gasteiger partial charge in [-0.1, -0.05) is 36.4 Å². The van der Waals surface area contributed by atoms with Crippen LogP contribution in [0.3, 0.4) is 0 Å². The van der Waals surface area contributed by atoms with Crippen LogP contribution in [0.4, 0.5) is 43.7 Å². The van der Waals surface area contributed by atoms with Crippen molar-refractivity contribution in [2.75, 3.05) is 114 Å². The van der Waals surface area contributed by atoms with Gasteiger partial charge in [-0.2, -0.15) is 9.98 Å². The molecule has 6 amide bonds. The van der Waals surface area contributed by atoms with E-state index in [2.05, 4.69) is 79.7 Å². The number of amides is 6. The molecule has 76 heavy (non-hydrogen) atoms. The van der Waals surface area contributed by atoms with Crippen molar-refractivity contribution < 1.29 is 19.2 Å². The number of benzene rings is 4. The van der Waals surface area contributed by atoms with Crippen LogP contribution in [-0.4, -0.2) is 161 Å². The lowest BCUT2D eigenvalue weighted by Crippen LogP contribution is -2.44. The molecule has 3 heterocycles. The number of guanidine groups is 4. The van der Waals surface area contributed by atoms with Crippen molar-refractivity contribution in [2.45, 2.75) is 0 Å². The Morgan fingerprint density at radius 1 is 0.592 bits per heavy atom. The third-order valence-electron chi connectivity index (χ3n) is 12.0. The first-order chi connectivity index (χ1) is 36.4. The van der Waals surface area contributed by atoms with Gasteiger partial charge < -0.3 is 63.0 Å². The largest absolute Gasteiger partial charge is 0.373 e. The maximum atomic E-state index is 12.3. The first-order valence-electron chi connectivity index (χ1n) is 24.1. The number of nitrogens with zero attached hydrogens (tertiary/aromatic N) is 10. The molecule has 0 bridgehead atoms. The smallest absolute Gasteiger partial charge is 0.325 e. The maximum Gasteiger partial charge on any atom is 0.325 e. The van der Waals surface area contributed by atoms with Gasteiger partial charge in [0.15, 0.2) is 0 Å². The highest BCUT2D eigenvalue weighted by Crippen LogP contribution is 2.25. The molecule has 4 aromatic rings. The van der Waals surface area contributed by atoms with Crippen LogP contribution in [0.1, 0.15) is 11.1 Å². The number of hydrogen-bond donors (Lipinski definition) is 8. The van der Waals surface area contributed by atoms with Crippen LogP contribution < -0.4 is 54.0 Å². The number of nitrogens with two attached hydrogens (primary N) is 4. The monoisotopic (exact) mass is 1030 g/mol. The van der Waals surface area contributed by atoms with E-state index in [1.165, 1.54) is 0 Å². The van der Waals surface area contributed by atoms with Gasteiger partial charge in [-0.3, -0.25) is 20.2 Å². The summed E-state index contributed by atoms with van der Waals surface area (Å²) in [5.74, 6) is 3.00. The molecule has 0 aromatic heterocycles. The van der Waals surface area contributed by atoms with Gasteiger partial charge in [0.05, 0.1) is 11.4 Å². The molecule has 0 aliphatic carbocycles. The van der Waals surface area contributed by atoms with Crippen LogP contribution in [0.2, 0.25) is 0 Å². The summed E-state index contributed by atoms with van der Waals surface area (Å²) in [4.78, 5) is 76.3. The van der Waals surface area contributed by atoms with E-state index in [9.17, 15) is 19.2 Å². The molecule has 22 nitrogen and oxygen atoms in total. The minimum absolute atomic E-state index is 0.0818. The number of piperazine rings is 1. The molecule has 394 valence electrons. The Bertz CT molecular complexity index is 2980. The minimum atomic E-state index is -0.581. The fourth-order valence-corrected chi connectivity index (χ4v) is 7.79. The number of aliphatic imine (C=N–C) groups is 4. The van der Waals surface area contributed by atoms with Crippen LogP contribution in [-0.2, 0) is 9.59 Å². The van der Waals surface area contributed by atoms with Crippen molar-refractivity contribution >= 4 is 93.0 Å². The van der Waals surface area contributed by atoms with Crippen LogP contribution in [0.5, 0.6) is 0 Å². The number of likely N-dealkylation sites (N-methyl/N-ethyl adjacent to an activating group) is 3. The molecule has 0 unspecified atom stereocenters. The average Bonchev–Trinajstić information content (AvgIpc) is 4.11. The van der Waals surface area contributed by atoms with E-state index in [1.807, 2.05) is 106 Å². The standard InChI is InChI=1S/C27H31N9O2.C27H33N9O2/c1-3-24(37)36-13-12-20(18-36)19-4-6-22(7-5-19)31-27(38)33-26(29)32-25(28)30-21-8-10-23(11-9-21)35-16-14-34(2)15-17-35;1-5-24(37)36-15-14-20(18-36)19-6-8-22(9-7-19)31-27(38)33-26(29)32-25(28)30-21-10-12-23(13-11-21)35(4)17-16-34(2)3/h1,4-12H,13-18H2,2H3,(H6,28,29,30,31,32,33,38);1,6-14H,15-18H2,2-4H3,(H6,28,29,30,31,32,33,38). The molecular formula is C54H64N18O4. The second kappa shape index (κ2) is 26.9. The fraction of sp³-hybridized carbons (Fsp3) is 0.259. The Hall–Kier alpha value is -9.64. The van der Waals surface area contributed by atoms with Gasteiger partial charge >= 0.3 is 12.1 Å². The molecule has 7 rings (SSSR count). The lowest BCUT2D eigenvalue weighted by atomic mass is 10.1. The van der Waals surface area contributed by atoms with E-state index < -0.39 is 12.1 Å². The topological polar surface area (TPSA) is 289 Å². The molecule has 0 saturated carbocycles. The van der Waals surface area contributed by atoms with Gasteiger partial charge in [-0.25, -0.2) is 19.6 Å². The first-order valence-corrected chi connectivity index (χ1v) is 24.1. The van der Waals surface area contributed by atoms with Gasteiger partial charge in [-0.05, 0) is 128 Å². The number of rotatable bonds is 11. The molecule has 0 radical (unpaired) electrons. The number of hydrogen-bond acceptors (Lipinski definition) is 10. The number of carbonyl (C=O) groups excluding carboxylic acids is 4. The number of anilines is 4. The first kappa shape index (κ1) is 55.7. The van der Waals surface area contributed by atoms with Crippen LogP contribution in [0.25, 0.3) is 11.1 Å². The molecule has 1 fully saturated rings. The highest BCUT2D eigenvalue weighted by Gasteiger charge is 2.21. The molecule has 3 aliphatic heterocycles. The van der Waals surface area contributed by atoms with Crippen LogP contribution >= 0.6 is 0 Å². The lowest BCUT2D eigenvalue weighted by molar-refractivity contribution is -0.124. The second-order valence-electron chi connectivity index (χ2n) is 17.9. The molecule has 12 N–H and O–H groups in total. The van der Waals surface area contributed by atoms with Gasteiger partial charge in [0.2, 0.25) is 23.8 Å². The lowest BCUT2D eigenvalue weighted by Gasteiger charge is -2.34. The van der Waals surface area contributed by atoms with Crippen molar-refractivity contribution in [3.63, 3.8) is 0 Å².